The van der Waals surface area contributed by atoms with Gasteiger partial charge in [-0.15, -0.1) is 0 Å². The van der Waals surface area contributed by atoms with Crippen molar-refractivity contribution in [1.29, 1.82) is 0 Å². The molecular weight excluding hydrogens is 307 g/mol. The molecule has 0 aliphatic heterocycles. The zero-order valence-electron chi connectivity index (χ0n) is 11.2. The van der Waals surface area contributed by atoms with Gasteiger partial charge in [0.05, 0.1) is 0 Å². The van der Waals surface area contributed by atoms with Gasteiger partial charge in [0, 0.05) is 4.47 Å². The highest BCUT2D eigenvalue weighted by atomic mass is 79.9. The molecule has 0 fully saturated rings. The summed E-state index contributed by atoms with van der Waals surface area (Å²) in [5.41, 5.74) is 4.28. The van der Waals surface area contributed by atoms with E-state index in [4.69, 9.17) is 0 Å². The quantitative estimate of drug-likeness (QED) is 0.857. The normalized spacial score (nSPS) is 12.5. The molecule has 0 saturated heterocycles. The first-order chi connectivity index (χ1) is 8.88. The molecule has 0 aliphatic carbocycles. The highest BCUT2D eigenvalue weighted by Gasteiger charge is 2.14. The molecule has 3 heteroatoms. The zero-order valence-corrected chi connectivity index (χ0v) is 12.8. The maximum atomic E-state index is 13.4. The third kappa shape index (κ3) is 3.04. The van der Waals surface area contributed by atoms with Gasteiger partial charge in [-0.1, -0.05) is 34.1 Å². The predicted molar refractivity (Wildman–Crippen MR) is 78.8 cm³/mol. The molecule has 0 bridgehead atoms. The van der Waals surface area contributed by atoms with Crippen molar-refractivity contribution in [2.75, 3.05) is 0 Å². The highest BCUT2D eigenvalue weighted by molar-refractivity contribution is 9.10. The lowest BCUT2D eigenvalue weighted by Gasteiger charge is -2.15. The van der Waals surface area contributed by atoms with Gasteiger partial charge in [0.15, 0.2) is 0 Å². The molecule has 0 aromatic heterocycles. The van der Waals surface area contributed by atoms with Gasteiger partial charge < -0.3 is 5.11 Å². The summed E-state index contributed by atoms with van der Waals surface area (Å²) in [4.78, 5) is 0. The molecule has 0 heterocycles. The van der Waals surface area contributed by atoms with Crippen LogP contribution in [-0.2, 0) is 0 Å². The molecule has 19 heavy (non-hydrogen) atoms. The van der Waals surface area contributed by atoms with Gasteiger partial charge >= 0.3 is 0 Å². The number of aliphatic hydroxyl groups is 1. The Balaban J connectivity index is 2.46. The molecule has 100 valence electrons. The number of benzene rings is 2. The first-order valence-electron chi connectivity index (χ1n) is 6.10. The zero-order chi connectivity index (χ0) is 14.2. The Labute approximate surface area is 121 Å². The summed E-state index contributed by atoms with van der Waals surface area (Å²) in [5.74, 6) is -0.320. The van der Waals surface area contributed by atoms with E-state index in [0.717, 1.165) is 26.7 Å². The second-order valence-electron chi connectivity index (χ2n) is 4.93. The minimum Gasteiger partial charge on any atom is -0.384 e. The van der Waals surface area contributed by atoms with Crippen LogP contribution < -0.4 is 0 Å². The molecule has 1 N–H and O–H groups in total. The molecule has 2 rings (SSSR count). The fraction of sp³-hybridized carbons (Fsp3) is 0.250. The van der Waals surface area contributed by atoms with Crippen molar-refractivity contribution in [3.8, 4) is 0 Å². The molecule has 1 unspecified atom stereocenters. The van der Waals surface area contributed by atoms with Crippen LogP contribution in [0.5, 0.6) is 0 Å². The smallest absolute Gasteiger partial charge is 0.123 e. The van der Waals surface area contributed by atoms with E-state index in [0.29, 0.717) is 5.56 Å². The molecule has 0 amide bonds. The van der Waals surface area contributed by atoms with Crippen LogP contribution >= 0.6 is 15.9 Å². The Morgan fingerprint density at radius 3 is 2.00 bits per heavy atom. The van der Waals surface area contributed by atoms with E-state index in [9.17, 15) is 9.50 Å². The summed E-state index contributed by atoms with van der Waals surface area (Å²) in [7, 11) is 0. The van der Waals surface area contributed by atoms with Gasteiger partial charge in [0.25, 0.3) is 0 Å². The SMILES string of the molecule is Cc1cc(F)cc(C(O)c2cc(C)c(Br)c(C)c2)c1. The van der Waals surface area contributed by atoms with Crippen LogP contribution in [0.2, 0.25) is 0 Å². The number of hydrogen-bond acceptors (Lipinski definition) is 1. The molecule has 2 aromatic carbocycles. The van der Waals surface area contributed by atoms with Crippen molar-refractivity contribution in [3.05, 3.63) is 68.4 Å². The van der Waals surface area contributed by atoms with Crippen molar-refractivity contribution in [2.24, 2.45) is 0 Å². The first kappa shape index (κ1) is 14.2. The van der Waals surface area contributed by atoms with Gasteiger partial charge in [-0.25, -0.2) is 4.39 Å². The number of hydrogen-bond donors (Lipinski definition) is 1. The largest absolute Gasteiger partial charge is 0.384 e. The Morgan fingerprint density at radius 2 is 1.47 bits per heavy atom. The van der Waals surface area contributed by atoms with Crippen LogP contribution in [-0.4, -0.2) is 5.11 Å². The van der Waals surface area contributed by atoms with Gasteiger partial charge in [0.2, 0.25) is 0 Å². The number of aryl methyl sites for hydroxylation is 3. The summed E-state index contributed by atoms with van der Waals surface area (Å²) in [6.45, 7) is 5.77. The van der Waals surface area contributed by atoms with Crippen LogP contribution in [0, 0.1) is 26.6 Å². The average Bonchev–Trinajstić information content (AvgIpc) is 2.33. The maximum Gasteiger partial charge on any atom is 0.123 e. The Kier molecular flexibility index (Phi) is 4.07. The summed E-state index contributed by atoms with van der Waals surface area (Å²) >= 11 is 3.50. The van der Waals surface area contributed by atoms with Gasteiger partial charge in [-0.3, -0.25) is 0 Å². The topological polar surface area (TPSA) is 20.2 Å². The van der Waals surface area contributed by atoms with Crippen molar-refractivity contribution < 1.29 is 9.50 Å². The molecule has 1 atom stereocenters. The fourth-order valence-corrected chi connectivity index (χ4v) is 2.48. The van der Waals surface area contributed by atoms with Gasteiger partial charge in [-0.05, 0) is 60.7 Å². The second-order valence-corrected chi connectivity index (χ2v) is 5.73. The van der Waals surface area contributed by atoms with Crippen molar-refractivity contribution in [3.63, 3.8) is 0 Å². The lowest BCUT2D eigenvalue weighted by atomic mass is 9.97. The van der Waals surface area contributed by atoms with Crippen LogP contribution in [0.25, 0.3) is 0 Å². The van der Waals surface area contributed by atoms with E-state index in [-0.39, 0.29) is 5.82 Å². The van der Waals surface area contributed by atoms with Gasteiger partial charge in [-0.2, -0.15) is 0 Å². The number of aliphatic hydroxyl groups excluding tert-OH is 1. The second kappa shape index (κ2) is 5.43. The average molecular weight is 323 g/mol. The molecule has 1 nitrogen and oxygen atoms in total. The summed E-state index contributed by atoms with van der Waals surface area (Å²) in [5, 5.41) is 10.4. The third-order valence-electron chi connectivity index (χ3n) is 3.15. The highest BCUT2D eigenvalue weighted by Crippen LogP contribution is 2.29. The van der Waals surface area contributed by atoms with Crippen molar-refractivity contribution >= 4 is 15.9 Å². The van der Waals surface area contributed by atoms with E-state index in [1.807, 2.05) is 32.9 Å². The van der Waals surface area contributed by atoms with Crippen molar-refractivity contribution in [2.45, 2.75) is 26.9 Å². The number of rotatable bonds is 2. The lowest BCUT2D eigenvalue weighted by molar-refractivity contribution is 0.219. The van der Waals surface area contributed by atoms with E-state index in [2.05, 4.69) is 15.9 Å². The minimum atomic E-state index is -0.806. The van der Waals surface area contributed by atoms with Gasteiger partial charge in [0.1, 0.15) is 11.9 Å². The van der Waals surface area contributed by atoms with E-state index >= 15 is 0 Å². The molecule has 0 spiro atoms. The maximum absolute atomic E-state index is 13.4. The summed E-state index contributed by atoms with van der Waals surface area (Å²) < 4.78 is 14.4. The molecule has 2 aromatic rings. The summed E-state index contributed by atoms with van der Waals surface area (Å²) in [6, 6.07) is 8.48. The lowest BCUT2D eigenvalue weighted by Crippen LogP contribution is -2.02. The van der Waals surface area contributed by atoms with E-state index in [1.54, 1.807) is 6.07 Å². The predicted octanol–water partition coefficient (Wildman–Crippen LogP) is 4.60. The van der Waals surface area contributed by atoms with E-state index in [1.165, 1.54) is 12.1 Å². The number of halogens is 2. The monoisotopic (exact) mass is 322 g/mol. The minimum absolute atomic E-state index is 0.320. The molecule has 0 saturated carbocycles. The molecular formula is C16H16BrFO. The Hall–Kier alpha value is -1.19. The van der Waals surface area contributed by atoms with Crippen LogP contribution in [0.4, 0.5) is 4.39 Å². The van der Waals surface area contributed by atoms with E-state index < -0.39 is 6.10 Å². The fourth-order valence-electron chi connectivity index (χ4n) is 2.25. The summed E-state index contributed by atoms with van der Waals surface area (Å²) in [6.07, 6.45) is -0.806. The Bertz CT molecular complexity index is 579. The van der Waals surface area contributed by atoms with Crippen LogP contribution in [0.3, 0.4) is 0 Å². The van der Waals surface area contributed by atoms with Crippen LogP contribution in [0.1, 0.15) is 33.9 Å². The Morgan fingerprint density at radius 1 is 0.947 bits per heavy atom. The van der Waals surface area contributed by atoms with Crippen molar-refractivity contribution in [1.82, 2.24) is 0 Å². The standard InChI is InChI=1S/C16H16BrFO/c1-9-4-12(8-14(18)5-9)16(19)13-6-10(2)15(17)11(3)7-13/h4-8,16,19H,1-3H3. The third-order valence-corrected chi connectivity index (χ3v) is 4.41. The molecule has 0 radical (unpaired) electrons. The first-order valence-corrected chi connectivity index (χ1v) is 6.89. The molecule has 0 aliphatic rings. The van der Waals surface area contributed by atoms with Crippen LogP contribution in [0.15, 0.2) is 34.8 Å².